The van der Waals surface area contributed by atoms with Gasteiger partial charge in [0.2, 0.25) is 0 Å². The maximum atomic E-state index is 12.7. The Hall–Kier alpha value is -1.24. The molecule has 1 aromatic carbocycles. The number of hydrogen-bond donors (Lipinski definition) is 0. The van der Waals surface area contributed by atoms with Crippen molar-refractivity contribution in [1.29, 1.82) is 0 Å². The van der Waals surface area contributed by atoms with E-state index in [0.29, 0.717) is 12.5 Å². The largest absolute Gasteiger partial charge is 0.501 e. The predicted octanol–water partition coefficient (Wildman–Crippen LogP) is 3.22. The number of nitrogens with zero attached hydrogens (tertiary/aromatic N) is 1. The fourth-order valence-corrected chi connectivity index (χ4v) is 3.29. The average molecular weight is 307 g/mol. The van der Waals surface area contributed by atoms with E-state index in [2.05, 4.69) is 0 Å². The Morgan fingerprint density at radius 1 is 1.25 bits per heavy atom. The molecule has 0 bridgehead atoms. The number of hydrogen-bond acceptors (Lipinski definition) is 3. The summed E-state index contributed by atoms with van der Waals surface area (Å²) in [7, 11) is -3.69. The Morgan fingerprint density at radius 2 is 1.85 bits per heavy atom. The molecule has 1 saturated carbocycles. The van der Waals surface area contributed by atoms with Crippen LogP contribution in [0.4, 0.5) is 18.9 Å². The lowest BCUT2D eigenvalue weighted by Crippen LogP contribution is -2.31. The molecule has 0 spiro atoms. The molecule has 0 unspecified atom stereocenters. The number of alkyl halides is 3. The first-order chi connectivity index (χ1) is 9.23. The summed E-state index contributed by atoms with van der Waals surface area (Å²) < 4.78 is 61.3. The lowest BCUT2D eigenvalue weighted by Gasteiger charge is -2.32. The van der Waals surface area contributed by atoms with Gasteiger partial charge in [0.25, 0.3) is 9.84 Å². The Balaban J connectivity index is 2.35. The van der Waals surface area contributed by atoms with Gasteiger partial charge in [-0.1, -0.05) is 18.6 Å². The molecule has 1 aliphatic carbocycles. The van der Waals surface area contributed by atoms with Crippen LogP contribution in [-0.2, 0) is 9.84 Å². The molecule has 0 amide bonds. The molecule has 0 aliphatic heterocycles. The van der Waals surface area contributed by atoms with E-state index >= 15 is 0 Å². The maximum absolute atomic E-state index is 12.7. The molecule has 20 heavy (non-hydrogen) atoms. The van der Waals surface area contributed by atoms with Crippen LogP contribution in [0.5, 0.6) is 0 Å². The van der Waals surface area contributed by atoms with Crippen LogP contribution in [-0.4, -0.2) is 27.5 Å². The fraction of sp³-hybridized carbons (Fsp3) is 0.538. The lowest BCUT2D eigenvalue weighted by atomic mass is 9.85. The molecule has 0 N–H and O–H groups in total. The first-order valence-electron chi connectivity index (χ1n) is 6.35. The van der Waals surface area contributed by atoms with Crippen molar-refractivity contribution in [3.63, 3.8) is 0 Å². The van der Waals surface area contributed by atoms with Crippen molar-refractivity contribution in [3.05, 3.63) is 24.3 Å². The second kappa shape index (κ2) is 5.27. The van der Waals surface area contributed by atoms with Crippen LogP contribution in [0.15, 0.2) is 29.2 Å². The molecule has 1 aliphatic rings. The number of para-hydroxylation sites is 1. The van der Waals surface area contributed by atoms with Crippen molar-refractivity contribution in [2.45, 2.75) is 29.7 Å². The third-order valence-electron chi connectivity index (χ3n) is 3.63. The Kier molecular flexibility index (Phi) is 4.00. The molecule has 0 atom stereocenters. The molecular formula is C13H16F3NO2S. The van der Waals surface area contributed by atoms with Crippen LogP contribution < -0.4 is 4.90 Å². The number of benzene rings is 1. The first kappa shape index (κ1) is 15.2. The van der Waals surface area contributed by atoms with Gasteiger partial charge in [-0.3, -0.25) is 0 Å². The summed E-state index contributed by atoms with van der Waals surface area (Å²) >= 11 is 0. The van der Waals surface area contributed by atoms with Crippen LogP contribution in [0.1, 0.15) is 19.3 Å². The van der Waals surface area contributed by atoms with Crippen LogP contribution in [0.2, 0.25) is 0 Å². The topological polar surface area (TPSA) is 37.4 Å². The second-order valence-electron chi connectivity index (χ2n) is 5.09. The molecule has 3 nitrogen and oxygen atoms in total. The average Bonchev–Trinajstić information content (AvgIpc) is 2.32. The Morgan fingerprint density at radius 3 is 2.35 bits per heavy atom. The van der Waals surface area contributed by atoms with Crippen LogP contribution in [0, 0.1) is 5.92 Å². The summed E-state index contributed by atoms with van der Waals surface area (Å²) in [6.07, 6.45) is 3.21. The van der Waals surface area contributed by atoms with Gasteiger partial charge >= 0.3 is 5.51 Å². The summed E-state index contributed by atoms with van der Waals surface area (Å²) in [5, 5.41) is 0. The minimum absolute atomic E-state index is 0.108. The van der Waals surface area contributed by atoms with Gasteiger partial charge in [-0.05, 0) is 30.9 Å². The highest BCUT2D eigenvalue weighted by molar-refractivity contribution is 7.92. The maximum Gasteiger partial charge on any atom is 0.501 e. The van der Waals surface area contributed by atoms with Crippen LogP contribution in [0.3, 0.4) is 0 Å². The highest BCUT2D eigenvalue weighted by atomic mass is 32.2. The van der Waals surface area contributed by atoms with Gasteiger partial charge in [-0.25, -0.2) is 8.42 Å². The minimum atomic E-state index is -5.32. The summed E-state index contributed by atoms with van der Waals surface area (Å²) in [5.74, 6) is 0.432. The van der Waals surface area contributed by atoms with E-state index in [1.165, 1.54) is 12.1 Å². The molecule has 112 valence electrons. The van der Waals surface area contributed by atoms with Crippen molar-refractivity contribution in [2.24, 2.45) is 5.92 Å². The highest BCUT2D eigenvalue weighted by Crippen LogP contribution is 2.36. The molecule has 2 rings (SSSR count). The van der Waals surface area contributed by atoms with E-state index in [-0.39, 0.29) is 5.69 Å². The normalized spacial score (nSPS) is 16.8. The quantitative estimate of drug-likeness (QED) is 0.857. The SMILES string of the molecule is CN(CC1CCC1)c1ccccc1S(=O)(=O)C(F)(F)F. The van der Waals surface area contributed by atoms with Gasteiger partial charge in [-0.2, -0.15) is 13.2 Å². The zero-order valence-electron chi connectivity index (χ0n) is 11.0. The lowest BCUT2D eigenvalue weighted by molar-refractivity contribution is -0.0435. The molecule has 7 heteroatoms. The highest BCUT2D eigenvalue weighted by Gasteiger charge is 2.48. The fourth-order valence-electron chi connectivity index (χ4n) is 2.29. The zero-order chi connectivity index (χ0) is 15.0. The van der Waals surface area contributed by atoms with Gasteiger partial charge in [0, 0.05) is 13.6 Å². The molecule has 0 radical (unpaired) electrons. The van der Waals surface area contributed by atoms with Gasteiger partial charge in [0.05, 0.1) is 10.6 Å². The summed E-state index contributed by atoms with van der Waals surface area (Å²) in [4.78, 5) is 0.928. The summed E-state index contributed by atoms with van der Waals surface area (Å²) in [6.45, 7) is 0.574. The van der Waals surface area contributed by atoms with Crippen LogP contribution in [0.25, 0.3) is 0 Å². The number of halogens is 3. The molecule has 0 heterocycles. The van der Waals surface area contributed by atoms with Crippen molar-refractivity contribution in [1.82, 2.24) is 0 Å². The van der Waals surface area contributed by atoms with E-state index in [0.717, 1.165) is 25.3 Å². The van der Waals surface area contributed by atoms with Crippen molar-refractivity contribution < 1.29 is 21.6 Å². The van der Waals surface area contributed by atoms with Gasteiger partial charge in [-0.15, -0.1) is 0 Å². The van der Waals surface area contributed by atoms with E-state index in [1.54, 1.807) is 18.0 Å². The third-order valence-corrected chi connectivity index (χ3v) is 5.16. The van der Waals surface area contributed by atoms with Gasteiger partial charge in [0.1, 0.15) is 0 Å². The monoisotopic (exact) mass is 307 g/mol. The van der Waals surface area contributed by atoms with Crippen LogP contribution >= 0.6 is 0 Å². The van der Waals surface area contributed by atoms with Gasteiger partial charge in [0.15, 0.2) is 0 Å². The van der Waals surface area contributed by atoms with Crippen molar-refractivity contribution >= 4 is 15.5 Å². The smallest absolute Gasteiger partial charge is 0.373 e. The number of anilines is 1. The van der Waals surface area contributed by atoms with Crippen molar-refractivity contribution in [2.75, 3.05) is 18.5 Å². The zero-order valence-corrected chi connectivity index (χ0v) is 11.8. The molecule has 1 fully saturated rings. The summed E-state index contributed by atoms with van der Waals surface area (Å²) in [6, 6.07) is 5.27. The minimum Gasteiger partial charge on any atom is -0.373 e. The molecule has 0 saturated heterocycles. The van der Waals surface area contributed by atoms with E-state index in [4.69, 9.17) is 0 Å². The molecule has 0 aromatic heterocycles. The molecule has 1 aromatic rings. The Bertz CT molecular complexity index is 580. The Labute approximate surface area is 116 Å². The predicted molar refractivity (Wildman–Crippen MR) is 70.3 cm³/mol. The van der Waals surface area contributed by atoms with Crippen molar-refractivity contribution in [3.8, 4) is 0 Å². The second-order valence-corrected chi connectivity index (χ2v) is 7.00. The number of sulfone groups is 1. The van der Waals surface area contributed by atoms with E-state index in [1.807, 2.05) is 0 Å². The standard InChI is InChI=1S/C13H16F3NO2S/c1-17(9-10-5-4-6-10)11-7-2-3-8-12(11)20(18,19)13(14,15)16/h2-3,7-8,10H,4-6,9H2,1H3. The first-order valence-corrected chi connectivity index (χ1v) is 7.83. The van der Waals surface area contributed by atoms with Gasteiger partial charge < -0.3 is 4.90 Å². The molecular weight excluding hydrogens is 291 g/mol. The number of rotatable bonds is 4. The third kappa shape index (κ3) is 2.77. The van der Waals surface area contributed by atoms with E-state index < -0.39 is 20.2 Å². The van der Waals surface area contributed by atoms with E-state index in [9.17, 15) is 21.6 Å². The summed E-state index contributed by atoms with van der Waals surface area (Å²) in [5.41, 5.74) is -5.17.